The zero-order valence-electron chi connectivity index (χ0n) is 6.95. The first-order valence-electron chi connectivity index (χ1n) is 3.44. The van der Waals surface area contributed by atoms with E-state index in [1.165, 1.54) is 11.6 Å². The summed E-state index contributed by atoms with van der Waals surface area (Å²) in [5.41, 5.74) is 2.23. The molecule has 0 amide bonds. The molecule has 0 heterocycles. The van der Waals surface area contributed by atoms with E-state index >= 15 is 0 Å². The molecule has 12 heavy (non-hydrogen) atoms. The topological polar surface area (TPSA) is 17.1 Å². The number of aryl methyl sites for hydroxylation is 1. The quantitative estimate of drug-likeness (QED) is 0.565. The number of hydrogen-bond acceptors (Lipinski definition) is 1. The van der Waals surface area contributed by atoms with Gasteiger partial charge in [0.25, 0.3) is 0 Å². The van der Waals surface area contributed by atoms with Gasteiger partial charge in [0.1, 0.15) is 0 Å². The van der Waals surface area contributed by atoms with E-state index in [-0.39, 0.29) is 32.7 Å². The Kier molecular flexibility index (Phi) is 6.13. The molecule has 1 radical (unpaired) electrons. The van der Waals surface area contributed by atoms with Gasteiger partial charge in [0.15, 0.2) is 0 Å². The van der Waals surface area contributed by atoms with Crippen molar-refractivity contribution in [1.29, 1.82) is 0 Å². The molecule has 0 saturated heterocycles. The molecule has 0 bridgehead atoms. The molecular weight excluding hydrogens is 225 g/mol. The first-order chi connectivity index (χ1) is 5.34. The first kappa shape index (κ1) is 11.7. The van der Waals surface area contributed by atoms with Crippen LogP contribution in [0.4, 0.5) is 0 Å². The van der Waals surface area contributed by atoms with Crippen LogP contribution in [-0.4, -0.2) is 6.29 Å². The maximum absolute atomic E-state index is 9.88. The van der Waals surface area contributed by atoms with E-state index in [1.807, 2.05) is 31.2 Å². The smallest absolute Gasteiger partial charge is 0 e. The molecule has 0 atom stereocenters. The normalized spacial score (nSPS) is 9.42. The molecule has 1 aromatic carbocycles. The fourth-order valence-corrected chi connectivity index (χ4v) is 0.898. The Bertz CT molecular complexity index is 279. The molecule has 0 unspecified atom stereocenters. The minimum absolute atomic E-state index is 0. The molecule has 0 aliphatic carbocycles. The van der Waals surface area contributed by atoms with Gasteiger partial charge in [-0.1, -0.05) is 29.8 Å². The predicted octanol–water partition coefficient (Wildman–Crippen LogP) is 2.12. The van der Waals surface area contributed by atoms with Crippen molar-refractivity contribution in [2.45, 2.75) is 6.92 Å². The average Bonchev–Trinajstić information content (AvgIpc) is 2.03. The van der Waals surface area contributed by atoms with Gasteiger partial charge in [-0.15, -0.1) is 5.56 Å². The van der Waals surface area contributed by atoms with Crippen molar-refractivity contribution in [2.24, 2.45) is 0 Å². The molecule has 0 aromatic heterocycles. The Morgan fingerprint density at radius 3 is 2.58 bits per heavy atom. The van der Waals surface area contributed by atoms with Crippen molar-refractivity contribution in [3.05, 3.63) is 41.5 Å². The summed E-state index contributed by atoms with van der Waals surface area (Å²) in [6.07, 6.45) is 4.84. The minimum atomic E-state index is 0. The summed E-state index contributed by atoms with van der Waals surface area (Å²) >= 11 is 0. The fraction of sp³-hybridized carbons (Fsp3) is 0.100. The van der Waals surface area contributed by atoms with Crippen molar-refractivity contribution in [3.63, 3.8) is 0 Å². The van der Waals surface area contributed by atoms with Gasteiger partial charge in [-0.25, -0.2) is 0 Å². The van der Waals surface area contributed by atoms with Crippen LogP contribution in [0.3, 0.4) is 0 Å². The van der Waals surface area contributed by atoms with Gasteiger partial charge in [-0.2, -0.15) is 12.2 Å². The number of allylic oxidation sites excluding steroid dienone is 1. The molecule has 0 saturated carbocycles. The third kappa shape index (κ3) is 3.42. The standard InChI is InChI=1S/C10H9O.Y/c1-9-5-2-3-6-10(9)7-4-8-11;/h2-7H,1H3;/q-1;/b7-4+;. The van der Waals surface area contributed by atoms with Crippen LogP contribution in [0, 0.1) is 6.92 Å². The Labute approximate surface area is 97.7 Å². The van der Waals surface area contributed by atoms with Crippen LogP contribution < -0.4 is 0 Å². The summed E-state index contributed by atoms with van der Waals surface area (Å²) in [5, 5.41) is 0. The van der Waals surface area contributed by atoms with E-state index in [1.54, 1.807) is 12.4 Å². The van der Waals surface area contributed by atoms with E-state index < -0.39 is 0 Å². The summed E-state index contributed by atoms with van der Waals surface area (Å²) in [5.74, 6) is 0. The molecule has 0 aliphatic heterocycles. The van der Waals surface area contributed by atoms with Gasteiger partial charge in [0.2, 0.25) is 0 Å². The van der Waals surface area contributed by atoms with E-state index in [4.69, 9.17) is 0 Å². The average molecular weight is 234 g/mol. The van der Waals surface area contributed by atoms with Gasteiger partial charge in [0, 0.05) is 32.7 Å². The summed E-state index contributed by atoms with van der Waals surface area (Å²) in [7, 11) is 0. The zero-order valence-corrected chi connectivity index (χ0v) is 9.79. The van der Waals surface area contributed by atoms with Crippen LogP contribution in [-0.2, 0) is 37.5 Å². The van der Waals surface area contributed by atoms with E-state index in [9.17, 15) is 4.79 Å². The number of rotatable bonds is 2. The third-order valence-corrected chi connectivity index (χ3v) is 1.52. The van der Waals surface area contributed by atoms with Gasteiger partial charge in [-0.05, 0) is 13.2 Å². The van der Waals surface area contributed by atoms with E-state index in [0.29, 0.717) is 0 Å². The van der Waals surface area contributed by atoms with Crippen molar-refractivity contribution in [2.75, 3.05) is 0 Å². The van der Waals surface area contributed by atoms with Crippen LogP contribution in [0.5, 0.6) is 0 Å². The van der Waals surface area contributed by atoms with Crippen molar-refractivity contribution < 1.29 is 37.5 Å². The van der Waals surface area contributed by atoms with Crippen molar-refractivity contribution in [3.8, 4) is 0 Å². The second-order valence-corrected chi connectivity index (χ2v) is 2.31. The molecule has 0 fully saturated rings. The molecule has 59 valence electrons. The molecule has 1 nitrogen and oxygen atoms in total. The van der Waals surface area contributed by atoms with Gasteiger partial charge >= 0.3 is 0 Å². The summed E-state index contributed by atoms with van der Waals surface area (Å²) in [6, 6.07) is 7.88. The van der Waals surface area contributed by atoms with E-state index in [2.05, 4.69) is 0 Å². The maximum atomic E-state index is 9.88. The fourth-order valence-electron chi connectivity index (χ4n) is 0.898. The third-order valence-electron chi connectivity index (χ3n) is 1.52. The largest absolute Gasteiger partial charge is 0.419 e. The summed E-state index contributed by atoms with van der Waals surface area (Å²) in [4.78, 5) is 9.88. The Morgan fingerprint density at radius 1 is 1.33 bits per heavy atom. The predicted molar refractivity (Wildman–Crippen MR) is 45.9 cm³/mol. The van der Waals surface area contributed by atoms with Crippen LogP contribution >= 0.6 is 0 Å². The molecular formula is C10H9OY-. The van der Waals surface area contributed by atoms with E-state index in [0.717, 1.165) is 5.56 Å². The van der Waals surface area contributed by atoms with Gasteiger partial charge in [0.05, 0.1) is 0 Å². The van der Waals surface area contributed by atoms with Crippen LogP contribution in [0.1, 0.15) is 11.1 Å². The monoisotopic (exact) mass is 234 g/mol. The Balaban J connectivity index is 0.00000121. The molecule has 1 rings (SSSR count). The molecule has 2 heteroatoms. The maximum Gasteiger partial charge on any atom is 0 e. The minimum Gasteiger partial charge on any atom is -0.419 e. The summed E-state index contributed by atoms with van der Waals surface area (Å²) < 4.78 is 0. The Morgan fingerprint density at radius 2 is 2.00 bits per heavy atom. The second kappa shape index (κ2) is 6.27. The van der Waals surface area contributed by atoms with Crippen LogP contribution in [0.15, 0.2) is 30.3 Å². The van der Waals surface area contributed by atoms with Crippen molar-refractivity contribution >= 4 is 12.4 Å². The first-order valence-corrected chi connectivity index (χ1v) is 3.44. The number of benzene rings is 1. The van der Waals surface area contributed by atoms with Gasteiger partial charge < -0.3 is 4.79 Å². The number of carbonyl (C=O) groups excluding carboxylic acids is 1. The van der Waals surface area contributed by atoms with Crippen molar-refractivity contribution in [1.82, 2.24) is 0 Å². The second-order valence-electron chi connectivity index (χ2n) is 2.31. The number of hydrogen-bond donors (Lipinski definition) is 0. The molecule has 0 aliphatic rings. The Hall–Kier alpha value is -0.266. The summed E-state index contributed by atoms with van der Waals surface area (Å²) in [6.45, 7) is 2.00. The van der Waals surface area contributed by atoms with Gasteiger partial charge in [-0.3, -0.25) is 0 Å². The van der Waals surface area contributed by atoms with Crippen LogP contribution in [0.2, 0.25) is 0 Å². The molecule has 1 aromatic rings. The SMILES string of the molecule is Cc1ccccc1/C=C/[C-]=O.[Y]. The van der Waals surface area contributed by atoms with Crippen LogP contribution in [0.25, 0.3) is 6.08 Å². The molecule has 0 N–H and O–H groups in total. The zero-order chi connectivity index (χ0) is 8.10. The molecule has 0 spiro atoms.